The van der Waals surface area contributed by atoms with E-state index in [0.717, 1.165) is 30.6 Å². The zero-order chi connectivity index (χ0) is 14.9. The highest BCUT2D eigenvalue weighted by Gasteiger charge is 2.16. The molecule has 0 amide bonds. The van der Waals surface area contributed by atoms with Gasteiger partial charge in [0.25, 0.3) is 0 Å². The van der Waals surface area contributed by atoms with Crippen LogP contribution in [0.5, 0.6) is 0 Å². The molecular formula is C19H21N3. The van der Waals surface area contributed by atoms with Gasteiger partial charge < -0.3 is 11.1 Å². The van der Waals surface area contributed by atoms with Gasteiger partial charge in [-0.1, -0.05) is 24.3 Å². The largest absolute Gasteiger partial charge is 0.369 e. The Kier molecular flexibility index (Phi) is 3.34. The van der Waals surface area contributed by atoms with Crippen LogP contribution >= 0.6 is 0 Å². The predicted octanol–water partition coefficient (Wildman–Crippen LogP) is 3.72. The van der Waals surface area contributed by atoms with Gasteiger partial charge in [-0.25, -0.2) is 4.99 Å². The zero-order valence-electron chi connectivity index (χ0n) is 12.7. The Morgan fingerprint density at radius 1 is 0.864 bits per heavy atom. The molecule has 3 N–H and O–H groups in total. The summed E-state index contributed by atoms with van der Waals surface area (Å²) >= 11 is 0. The molecule has 0 aromatic heterocycles. The molecule has 3 heteroatoms. The van der Waals surface area contributed by atoms with Crippen LogP contribution in [0.3, 0.4) is 0 Å². The number of aryl methyl sites for hydroxylation is 2. The molecule has 0 atom stereocenters. The Morgan fingerprint density at radius 2 is 1.55 bits per heavy atom. The van der Waals surface area contributed by atoms with E-state index in [2.05, 4.69) is 46.7 Å². The number of benzene rings is 2. The number of rotatable bonds is 2. The van der Waals surface area contributed by atoms with Gasteiger partial charge in [0.05, 0.1) is 5.69 Å². The van der Waals surface area contributed by atoms with Crippen molar-refractivity contribution in [1.29, 1.82) is 0 Å². The highest BCUT2D eigenvalue weighted by molar-refractivity contribution is 5.95. The second-order valence-electron chi connectivity index (χ2n) is 6.19. The van der Waals surface area contributed by atoms with E-state index in [1.54, 1.807) is 0 Å². The predicted molar refractivity (Wildman–Crippen MR) is 91.8 cm³/mol. The normalized spacial score (nSPS) is 16.5. The number of hydrogen-bond acceptors (Lipinski definition) is 1. The summed E-state index contributed by atoms with van der Waals surface area (Å²) in [4.78, 5) is 4.63. The fourth-order valence-electron chi connectivity index (χ4n) is 3.74. The number of fused-ring (bicyclic) bond motifs is 2. The molecule has 22 heavy (non-hydrogen) atoms. The number of nitrogens with two attached hydrogens (primary N) is 1. The van der Waals surface area contributed by atoms with Crippen LogP contribution in [0.15, 0.2) is 41.4 Å². The molecule has 0 fully saturated rings. The second-order valence-corrected chi connectivity index (χ2v) is 6.19. The smallest absolute Gasteiger partial charge is 0.198 e. The number of hydrogen-bond donors (Lipinski definition) is 2. The first-order chi connectivity index (χ1) is 10.8. The average Bonchev–Trinajstić information content (AvgIpc) is 3.16. The van der Waals surface area contributed by atoms with Gasteiger partial charge in [0.2, 0.25) is 0 Å². The summed E-state index contributed by atoms with van der Waals surface area (Å²) in [6.45, 7) is 0. The van der Waals surface area contributed by atoms with Crippen molar-refractivity contribution in [2.24, 2.45) is 10.7 Å². The van der Waals surface area contributed by atoms with Crippen LogP contribution in [-0.2, 0) is 25.7 Å². The lowest BCUT2D eigenvalue weighted by molar-refractivity contribution is 0.911. The number of anilines is 1. The maximum absolute atomic E-state index is 6.16. The Bertz CT molecular complexity index is 746. The molecule has 0 spiro atoms. The highest BCUT2D eigenvalue weighted by Crippen LogP contribution is 2.31. The molecule has 0 radical (unpaired) electrons. The summed E-state index contributed by atoms with van der Waals surface area (Å²) in [5.74, 6) is 0.487. The van der Waals surface area contributed by atoms with Crippen LogP contribution in [0, 0.1) is 0 Å². The molecule has 0 saturated heterocycles. The van der Waals surface area contributed by atoms with Crippen molar-refractivity contribution in [3.05, 3.63) is 58.7 Å². The molecule has 4 rings (SSSR count). The van der Waals surface area contributed by atoms with Gasteiger partial charge >= 0.3 is 0 Å². The standard InChI is InChI=1S/C19H21N3/c20-19(21-17-11-3-7-13-5-1-9-15(13)17)22-18-12-4-8-14-6-2-10-16(14)18/h3-4,7-8,11-12H,1-2,5-6,9-10H2,(H3,20,21,22). The third kappa shape index (κ3) is 2.37. The summed E-state index contributed by atoms with van der Waals surface area (Å²) in [5, 5.41) is 3.31. The van der Waals surface area contributed by atoms with Crippen LogP contribution in [0.4, 0.5) is 11.4 Å². The summed E-state index contributed by atoms with van der Waals surface area (Å²) < 4.78 is 0. The van der Waals surface area contributed by atoms with Crippen LogP contribution in [-0.4, -0.2) is 5.96 Å². The summed E-state index contributed by atoms with van der Waals surface area (Å²) in [6.07, 6.45) is 7.04. The SMILES string of the molecule is NC(=Nc1cccc2c1CCC2)Nc1cccc2c1CCC2. The van der Waals surface area contributed by atoms with Gasteiger partial charge in [0.1, 0.15) is 0 Å². The molecule has 2 aliphatic rings. The van der Waals surface area contributed by atoms with Gasteiger partial charge in [0, 0.05) is 5.69 Å². The van der Waals surface area contributed by atoms with Gasteiger partial charge in [-0.05, 0) is 72.9 Å². The van der Waals surface area contributed by atoms with E-state index in [0.29, 0.717) is 5.96 Å². The lowest BCUT2D eigenvalue weighted by atomic mass is 10.1. The van der Waals surface area contributed by atoms with Crippen LogP contribution in [0.2, 0.25) is 0 Å². The maximum atomic E-state index is 6.16. The third-order valence-electron chi connectivity index (χ3n) is 4.77. The van der Waals surface area contributed by atoms with Gasteiger partial charge in [-0.2, -0.15) is 0 Å². The van der Waals surface area contributed by atoms with Crippen LogP contribution in [0.1, 0.15) is 35.1 Å². The van der Waals surface area contributed by atoms with E-state index in [9.17, 15) is 0 Å². The van der Waals surface area contributed by atoms with Crippen molar-refractivity contribution in [3.8, 4) is 0 Å². The number of nitrogens with one attached hydrogen (secondary N) is 1. The van der Waals surface area contributed by atoms with Crippen molar-refractivity contribution in [2.75, 3.05) is 5.32 Å². The first-order valence-corrected chi connectivity index (χ1v) is 8.14. The fraction of sp³-hybridized carbons (Fsp3) is 0.316. The molecule has 0 saturated carbocycles. The summed E-state index contributed by atoms with van der Waals surface area (Å²) in [5.41, 5.74) is 13.9. The monoisotopic (exact) mass is 291 g/mol. The summed E-state index contributed by atoms with van der Waals surface area (Å²) in [6, 6.07) is 12.8. The van der Waals surface area contributed by atoms with E-state index in [1.807, 2.05) is 0 Å². The molecule has 2 aliphatic carbocycles. The molecule has 3 nitrogen and oxygen atoms in total. The van der Waals surface area contributed by atoms with Crippen molar-refractivity contribution >= 4 is 17.3 Å². The van der Waals surface area contributed by atoms with E-state index in [4.69, 9.17) is 5.73 Å². The van der Waals surface area contributed by atoms with Gasteiger partial charge in [-0.15, -0.1) is 0 Å². The fourth-order valence-corrected chi connectivity index (χ4v) is 3.74. The molecular weight excluding hydrogens is 270 g/mol. The number of guanidine groups is 1. The molecule has 0 aliphatic heterocycles. The molecule has 2 aromatic rings. The highest BCUT2D eigenvalue weighted by atomic mass is 15.1. The molecule has 0 bridgehead atoms. The Hall–Kier alpha value is -2.29. The van der Waals surface area contributed by atoms with Gasteiger partial charge in [0.15, 0.2) is 5.96 Å². The number of nitrogens with zero attached hydrogens (tertiary/aromatic N) is 1. The van der Waals surface area contributed by atoms with Crippen molar-refractivity contribution < 1.29 is 0 Å². The lowest BCUT2D eigenvalue weighted by Gasteiger charge is -2.11. The van der Waals surface area contributed by atoms with Gasteiger partial charge in [-0.3, -0.25) is 0 Å². The molecule has 112 valence electrons. The van der Waals surface area contributed by atoms with E-state index >= 15 is 0 Å². The van der Waals surface area contributed by atoms with Crippen molar-refractivity contribution in [2.45, 2.75) is 38.5 Å². The van der Waals surface area contributed by atoms with Crippen LogP contribution < -0.4 is 11.1 Å². The Morgan fingerprint density at radius 3 is 2.36 bits per heavy atom. The van der Waals surface area contributed by atoms with Crippen molar-refractivity contribution in [3.63, 3.8) is 0 Å². The lowest BCUT2D eigenvalue weighted by Crippen LogP contribution is -2.22. The van der Waals surface area contributed by atoms with Crippen molar-refractivity contribution in [1.82, 2.24) is 0 Å². The van der Waals surface area contributed by atoms with Crippen LogP contribution in [0.25, 0.3) is 0 Å². The molecule has 2 aromatic carbocycles. The Labute approximate surface area is 131 Å². The first-order valence-electron chi connectivity index (χ1n) is 8.14. The quantitative estimate of drug-likeness (QED) is 0.654. The Balaban J connectivity index is 1.62. The minimum atomic E-state index is 0.487. The topological polar surface area (TPSA) is 50.4 Å². The maximum Gasteiger partial charge on any atom is 0.198 e. The zero-order valence-corrected chi connectivity index (χ0v) is 12.7. The molecule has 0 heterocycles. The second kappa shape index (κ2) is 5.48. The minimum absolute atomic E-state index is 0.487. The first kappa shape index (κ1) is 13.4. The summed E-state index contributed by atoms with van der Waals surface area (Å²) in [7, 11) is 0. The molecule has 0 unspecified atom stereocenters. The number of aliphatic imine (C=N–C) groups is 1. The van der Waals surface area contributed by atoms with E-state index < -0.39 is 0 Å². The third-order valence-corrected chi connectivity index (χ3v) is 4.77. The average molecular weight is 291 g/mol. The van der Waals surface area contributed by atoms with E-state index in [-0.39, 0.29) is 0 Å². The van der Waals surface area contributed by atoms with E-state index in [1.165, 1.54) is 41.5 Å². The minimum Gasteiger partial charge on any atom is -0.369 e.